The van der Waals surface area contributed by atoms with Crippen molar-refractivity contribution >= 4 is 0 Å². The lowest BCUT2D eigenvalue weighted by atomic mass is 10.1. The van der Waals surface area contributed by atoms with Crippen molar-refractivity contribution in [3.05, 3.63) is 17.2 Å². The first-order chi connectivity index (χ1) is 5.82. The molecule has 0 aromatic carbocycles. The molecule has 1 aromatic rings. The van der Waals surface area contributed by atoms with E-state index in [0.717, 1.165) is 5.69 Å². The van der Waals surface area contributed by atoms with E-state index in [1.165, 1.54) is 13.8 Å². The van der Waals surface area contributed by atoms with E-state index in [-0.39, 0.29) is 6.04 Å². The standard InChI is InChI=1S/C9H16FN3/c1-5(11)8-12-6(2)7(13-8)9(3,4)10/h5H,11H2,1-4H3,(H,12,13). The fourth-order valence-corrected chi connectivity index (χ4v) is 1.28. The van der Waals surface area contributed by atoms with E-state index in [1.807, 2.05) is 6.92 Å². The molecule has 1 rings (SSSR count). The van der Waals surface area contributed by atoms with Gasteiger partial charge < -0.3 is 10.7 Å². The zero-order chi connectivity index (χ0) is 10.2. The van der Waals surface area contributed by atoms with Crippen molar-refractivity contribution in [2.45, 2.75) is 39.4 Å². The number of aromatic nitrogens is 2. The molecule has 0 aliphatic carbocycles. The van der Waals surface area contributed by atoms with Crippen molar-refractivity contribution in [3.8, 4) is 0 Å². The van der Waals surface area contributed by atoms with Crippen molar-refractivity contribution in [1.82, 2.24) is 9.97 Å². The van der Waals surface area contributed by atoms with Crippen molar-refractivity contribution in [3.63, 3.8) is 0 Å². The van der Waals surface area contributed by atoms with Crippen LogP contribution in [-0.2, 0) is 5.67 Å². The molecule has 0 saturated carbocycles. The second-order valence-corrected chi connectivity index (χ2v) is 3.86. The SMILES string of the molecule is Cc1[nH]c(C(C)N)nc1C(C)(C)F. The van der Waals surface area contributed by atoms with Gasteiger partial charge in [0.1, 0.15) is 11.5 Å². The molecule has 13 heavy (non-hydrogen) atoms. The number of aromatic amines is 1. The summed E-state index contributed by atoms with van der Waals surface area (Å²) >= 11 is 0. The smallest absolute Gasteiger partial charge is 0.149 e. The van der Waals surface area contributed by atoms with Crippen LogP contribution in [-0.4, -0.2) is 9.97 Å². The molecule has 0 fully saturated rings. The quantitative estimate of drug-likeness (QED) is 0.739. The minimum Gasteiger partial charge on any atom is -0.344 e. The van der Waals surface area contributed by atoms with Gasteiger partial charge in [0.15, 0.2) is 0 Å². The summed E-state index contributed by atoms with van der Waals surface area (Å²) in [7, 11) is 0. The van der Waals surface area contributed by atoms with Gasteiger partial charge in [0.2, 0.25) is 0 Å². The summed E-state index contributed by atoms with van der Waals surface area (Å²) < 4.78 is 13.5. The van der Waals surface area contributed by atoms with Crippen LogP contribution < -0.4 is 5.73 Å². The maximum Gasteiger partial charge on any atom is 0.149 e. The molecule has 1 aromatic heterocycles. The summed E-state index contributed by atoms with van der Waals surface area (Å²) in [6.45, 7) is 6.59. The number of imidazole rings is 1. The molecule has 0 amide bonds. The largest absolute Gasteiger partial charge is 0.344 e. The van der Waals surface area contributed by atoms with E-state index in [1.54, 1.807) is 6.92 Å². The zero-order valence-electron chi connectivity index (χ0n) is 8.48. The van der Waals surface area contributed by atoms with E-state index in [9.17, 15) is 4.39 Å². The number of hydrogen-bond donors (Lipinski definition) is 2. The monoisotopic (exact) mass is 185 g/mol. The summed E-state index contributed by atoms with van der Waals surface area (Å²) in [4.78, 5) is 7.10. The van der Waals surface area contributed by atoms with E-state index in [2.05, 4.69) is 9.97 Å². The van der Waals surface area contributed by atoms with Crippen molar-refractivity contribution in [2.24, 2.45) is 5.73 Å². The highest BCUT2D eigenvalue weighted by molar-refractivity contribution is 5.20. The van der Waals surface area contributed by atoms with Crippen LogP contribution >= 0.6 is 0 Å². The molecule has 1 atom stereocenters. The van der Waals surface area contributed by atoms with Crippen LogP contribution in [0.3, 0.4) is 0 Å². The number of alkyl halides is 1. The molecule has 0 bridgehead atoms. The number of aryl methyl sites for hydroxylation is 1. The molecule has 3 nitrogen and oxygen atoms in total. The van der Waals surface area contributed by atoms with E-state index in [4.69, 9.17) is 5.73 Å². The number of halogens is 1. The maximum absolute atomic E-state index is 13.5. The third-order valence-electron chi connectivity index (χ3n) is 1.90. The minimum atomic E-state index is -1.41. The Bertz CT molecular complexity index is 296. The number of rotatable bonds is 2. The Morgan fingerprint density at radius 1 is 1.54 bits per heavy atom. The summed E-state index contributed by atoms with van der Waals surface area (Å²) in [5.41, 5.74) is 5.41. The normalized spacial score (nSPS) is 14.6. The molecule has 1 heterocycles. The number of H-pyrrole nitrogens is 1. The third kappa shape index (κ3) is 2.06. The first kappa shape index (κ1) is 10.2. The van der Waals surface area contributed by atoms with Crippen LogP contribution in [0.5, 0.6) is 0 Å². The Morgan fingerprint density at radius 2 is 2.08 bits per heavy atom. The van der Waals surface area contributed by atoms with Gasteiger partial charge in [-0.05, 0) is 27.7 Å². The summed E-state index contributed by atoms with van der Waals surface area (Å²) in [5, 5.41) is 0. The van der Waals surface area contributed by atoms with E-state index in [0.29, 0.717) is 11.5 Å². The van der Waals surface area contributed by atoms with Gasteiger partial charge in [0.25, 0.3) is 0 Å². The summed E-state index contributed by atoms with van der Waals surface area (Å²) in [6.07, 6.45) is 0. The van der Waals surface area contributed by atoms with Gasteiger partial charge in [-0.15, -0.1) is 0 Å². The molecule has 0 aliphatic heterocycles. The fourth-order valence-electron chi connectivity index (χ4n) is 1.28. The molecule has 1 unspecified atom stereocenters. The van der Waals surface area contributed by atoms with Crippen molar-refractivity contribution < 1.29 is 4.39 Å². The van der Waals surface area contributed by atoms with Crippen LogP contribution in [0.4, 0.5) is 4.39 Å². The summed E-state index contributed by atoms with van der Waals surface area (Å²) in [5.74, 6) is 0.637. The van der Waals surface area contributed by atoms with Gasteiger partial charge in [-0.25, -0.2) is 9.37 Å². The molecule has 74 valence electrons. The highest BCUT2D eigenvalue weighted by atomic mass is 19.1. The van der Waals surface area contributed by atoms with Gasteiger partial charge in [-0.3, -0.25) is 0 Å². The maximum atomic E-state index is 13.5. The van der Waals surface area contributed by atoms with E-state index >= 15 is 0 Å². The Labute approximate surface area is 77.6 Å². The van der Waals surface area contributed by atoms with Gasteiger partial charge in [-0.2, -0.15) is 0 Å². The Morgan fingerprint density at radius 3 is 2.31 bits per heavy atom. The molecular weight excluding hydrogens is 169 g/mol. The van der Waals surface area contributed by atoms with Crippen LogP contribution in [0.1, 0.15) is 44.0 Å². The average molecular weight is 185 g/mol. The lowest BCUT2D eigenvalue weighted by Crippen LogP contribution is -2.12. The van der Waals surface area contributed by atoms with Gasteiger partial charge in [0.05, 0.1) is 11.7 Å². The highest BCUT2D eigenvalue weighted by Crippen LogP contribution is 2.26. The molecule has 0 saturated heterocycles. The van der Waals surface area contributed by atoms with Crippen molar-refractivity contribution in [2.75, 3.05) is 0 Å². The predicted molar refractivity (Wildman–Crippen MR) is 50.1 cm³/mol. The van der Waals surface area contributed by atoms with Gasteiger partial charge in [-0.1, -0.05) is 0 Å². The van der Waals surface area contributed by atoms with Gasteiger partial charge in [0, 0.05) is 5.69 Å². The lowest BCUT2D eigenvalue weighted by Gasteiger charge is -2.11. The van der Waals surface area contributed by atoms with Crippen LogP contribution in [0.2, 0.25) is 0 Å². The molecular formula is C9H16FN3. The third-order valence-corrected chi connectivity index (χ3v) is 1.90. The first-order valence-corrected chi connectivity index (χ1v) is 4.34. The van der Waals surface area contributed by atoms with Crippen LogP contribution in [0.15, 0.2) is 0 Å². The first-order valence-electron chi connectivity index (χ1n) is 4.34. The predicted octanol–water partition coefficient (Wildman–Crippen LogP) is 1.94. The highest BCUT2D eigenvalue weighted by Gasteiger charge is 2.25. The Hall–Kier alpha value is -0.900. The fraction of sp³-hybridized carbons (Fsp3) is 0.667. The Kier molecular flexibility index (Phi) is 2.43. The topological polar surface area (TPSA) is 54.7 Å². The van der Waals surface area contributed by atoms with E-state index < -0.39 is 5.67 Å². The van der Waals surface area contributed by atoms with Crippen LogP contribution in [0.25, 0.3) is 0 Å². The lowest BCUT2D eigenvalue weighted by molar-refractivity contribution is 0.213. The number of nitrogens with zero attached hydrogens (tertiary/aromatic N) is 1. The van der Waals surface area contributed by atoms with Crippen LogP contribution in [0, 0.1) is 6.92 Å². The summed E-state index contributed by atoms with van der Waals surface area (Å²) in [6, 6.07) is -0.185. The zero-order valence-corrected chi connectivity index (χ0v) is 8.48. The molecule has 0 aliphatic rings. The molecule has 4 heteroatoms. The number of hydrogen-bond acceptors (Lipinski definition) is 2. The van der Waals surface area contributed by atoms with Crippen molar-refractivity contribution in [1.29, 1.82) is 0 Å². The second-order valence-electron chi connectivity index (χ2n) is 3.86. The van der Waals surface area contributed by atoms with Gasteiger partial charge >= 0.3 is 0 Å². The number of nitrogens with two attached hydrogens (primary N) is 1. The molecule has 0 radical (unpaired) electrons. The second kappa shape index (κ2) is 3.10. The average Bonchev–Trinajstić information content (AvgIpc) is 2.29. The minimum absolute atomic E-state index is 0.185. The molecule has 0 spiro atoms. The number of nitrogens with one attached hydrogen (secondary N) is 1. The molecule has 3 N–H and O–H groups in total. The Balaban J connectivity index is 3.11.